The number of guanidine groups is 1. The van der Waals surface area contributed by atoms with E-state index in [1.807, 2.05) is 13.8 Å². The van der Waals surface area contributed by atoms with Crippen molar-refractivity contribution in [1.82, 2.24) is 15.5 Å². The Morgan fingerprint density at radius 2 is 1.96 bits per heavy atom. The van der Waals surface area contributed by atoms with E-state index in [0.29, 0.717) is 13.1 Å². The molecule has 0 aromatic carbocycles. The van der Waals surface area contributed by atoms with E-state index in [9.17, 15) is 5.11 Å². The molecule has 0 bridgehead atoms. The number of rotatable bonds is 7. The zero-order valence-electron chi connectivity index (χ0n) is 14.7. The normalized spacial score (nSPS) is 24.6. The van der Waals surface area contributed by atoms with Crippen LogP contribution in [0.5, 0.6) is 0 Å². The molecule has 2 aliphatic rings. The molecular weight excluding hydrogens is 296 g/mol. The topological polar surface area (TPSA) is 78.4 Å². The summed E-state index contributed by atoms with van der Waals surface area (Å²) in [4.78, 5) is 6.79. The Morgan fingerprint density at radius 1 is 1.26 bits per heavy atom. The molecule has 7 nitrogen and oxygen atoms in total. The number of β-amino-alcohol motifs (C(OH)–C–C–N with tert-alkyl or cyclic N) is 1. The van der Waals surface area contributed by atoms with Crippen molar-refractivity contribution in [1.29, 1.82) is 0 Å². The summed E-state index contributed by atoms with van der Waals surface area (Å²) in [6.07, 6.45) is 0. The number of ether oxygens (including phenoxy) is 2. The highest BCUT2D eigenvalue weighted by molar-refractivity contribution is 5.79. The molecule has 2 fully saturated rings. The van der Waals surface area contributed by atoms with Gasteiger partial charge in [-0.15, -0.1) is 0 Å². The molecule has 0 saturated carbocycles. The summed E-state index contributed by atoms with van der Waals surface area (Å²) in [6, 6.07) is 0. The summed E-state index contributed by atoms with van der Waals surface area (Å²) < 4.78 is 10.6. The number of hydrogen-bond donors (Lipinski definition) is 3. The molecule has 0 amide bonds. The number of nitrogens with zero attached hydrogens (tertiary/aromatic N) is 2. The molecular formula is C16H32N4O3. The van der Waals surface area contributed by atoms with Gasteiger partial charge in [0.1, 0.15) is 0 Å². The van der Waals surface area contributed by atoms with E-state index in [0.717, 1.165) is 58.6 Å². The molecule has 0 aromatic heterocycles. The quantitative estimate of drug-likeness (QED) is 0.438. The summed E-state index contributed by atoms with van der Waals surface area (Å²) in [5.41, 5.74) is -0.657. The molecule has 7 heteroatoms. The maximum atomic E-state index is 10.6. The van der Waals surface area contributed by atoms with Crippen molar-refractivity contribution in [3.05, 3.63) is 0 Å². The van der Waals surface area contributed by atoms with Crippen molar-refractivity contribution < 1.29 is 14.6 Å². The van der Waals surface area contributed by atoms with Gasteiger partial charge in [-0.25, -0.2) is 0 Å². The fourth-order valence-corrected chi connectivity index (χ4v) is 2.73. The van der Waals surface area contributed by atoms with E-state index in [2.05, 4.69) is 27.4 Å². The lowest BCUT2D eigenvalue weighted by Gasteiger charge is -2.38. The van der Waals surface area contributed by atoms with E-state index in [-0.39, 0.29) is 5.41 Å². The number of morpholine rings is 1. The molecule has 0 aromatic rings. The first-order valence-electron chi connectivity index (χ1n) is 8.55. The Kier molecular flexibility index (Phi) is 6.64. The van der Waals surface area contributed by atoms with Gasteiger partial charge < -0.3 is 25.2 Å². The summed E-state index contributed by atoms with van der Waals surface area (Å²) >= 11 is 0. The molecule has 0 aliphatic carbocycles. The average molecular weight is 328 g/mol. The van der Waals surface area contributed by atoms with Crippen LogP contribution in [0.2, 0.25) is 0 Å². The zero-order chi connectivity index (χ0) is 16.8. The highest BCUT2D eigenvalue weighted by atomic mass is 16.5. The minimum Gasteiger partial charge on any atom is -0.387 e. The minimum absolute atomic E-state index is 0.187. The van der Waals surface area contributed by atoms with Gasteiger partial charge in [-0.3, -0.25) is 9.89 Å². The van der Waals surface area contributed by atoms with Crippen LogP contribution in [0, 0.1) is 5.41 Å². The third-order valence-electron chi connectivity index (χ3n) is 4.17. The van der Waals surface area contributed by atoms with Gasteiger partial charge in [0.25, 0.3) is 0 Å². The first kappa shape index (κ1) is 18.4. The predicted molar refractivity (Wildman–Crippen MR) is 90.8 cm³/mol. The summed E-state index contributed by atoms with van der Waals surface area (Å²) in [6.45, 7) is 13.5. The Balaban J connectivity index is 1.81. The molecule has 134 valence electrons. The fourth-order valence-electron chi connectivity index (χ4n) is 2.73. The molecule has 2 aliphatic heterocycles. The van der Waals surface area contributed by atoms with Crippen LogP contribution in [0.1, 0.15) is 20.8 Å². The maximum absolute atomic E-state index is 10.6. The summed E-state index contributed by atoms with van der Waals surface area (Å²) in [5, 5.41) is 17.2. The summed E-state index contributed by atoms with van der Waals surface area (Å²) in [7, 11) is 0. The van der Waals surface area contributed by atoms with E-state index < -0.39 is 5.60 Å². The molecule has 2 saturated heterocycles. The van der Waals surface area contributed by atoms with Crippen molar-refractivity contribution in [2.24, 2.45) is 10.4 Å². The van der Waals surface area contributed by atoms with Gasteiger partial charge in [0.2, 0.25) is 0 Å². The Morgan fingerprint density at radius 3 is 2.52 bits per heavy atom. The summed E-state index contributed by atoms with van der Waals surface area (Å²) in [5.74, 6) is 0.753. The van der Waals surface area contributed by atoms with Crippen molar-refractivity contribution in [2.75, 3.05) is 65.7 Å². The number of aliphatic imine (C=N–C) groups is 1. The van der Waals surface area contributed by atoms with Crippen LogP contribution < -0.4 is 10.6 Å². The van der Waals surface area contributed by atoms with Crippen molar-refractivity contribution >= 4 is 5.96 Å². The molecule has 23 heavy (non-hydrogen) atoms. The molecule has 1 atom stereocenters. The smallest absolute Gasteiger partial charge is 0.191 e. The molecule has 0 spiro atoms. The van der Waals surface area contributed by atoms with Crippen LogP contribution in [0.25, 0.3) is 0 Å². The second kappa shape index (κ2) is 8.28. The van der Waals surface area contributed by atoms with Gasteiger partial charge in [0.05, 0.1) is 38.6 Å². The Bertz CT molecular complexity index is 391. The van der Waals surface area contributed by atoms with Gasteiger partial charge in [0, 0.05) is 38.1 Å². The van der Waals surface area contributed by atoms with E-state index in [4.69, 9.17) is 9.47 Å². The second-order valence-corrected chi connectivity index (χ2v) is 7.24. The molecule has 1 unspecified atom stereocenters. The van der Waals surface area contributed by atoms with Crippen molar-refractivity contribution in [2.45, 2.75) is 26.4 Å². The van der Waals surface area contributed by atoms with Crippen molar-refractivity contribution in [3.63, 3.8) is 0 Å². The molecule has 2 rings (SSSR count). The van der Waals surface area contributed by atoms with Crippen LogP contribution in [-0.4, -0.2) is 87.3 Å². The Labute approximate surface area is 139 Å². The fraction of sp³-hybridized carbons (Fsp3) is 0.938. The van der Waals surface area contributed by atoms with Crippen molar-refractivity contribution in [3.8, 4) is 0 Å². The van der Waals surface area contributed by atoms with Crippen LogP contribution in [0.4, 0.5) is 0 Å². The van der Waals surface area contributed by atoms with Gasteiger partial charge in [-0.2, -0.15) is 0 Å². The largest absolute Gasteiger partial charge is 0.387 e. The predicted octanol–water partition coefficient (Wildman–Crippen LogP) is -0.339. The lowest BCUT2D eigenvalue weighted by atomic mass is 9.89. The van der Waals surface area contributed by atoms with E-state index >= 15 is 0 Å². The molecule has 2 heterocycles. The third-order valence-corrected chi connectivity index (χ3v) is 4.17. The second-order valence-electron chi connectivity index (χ2n) is 7.24. The van der Waals surface area contributed by atoms with Crippen LogP contribution in [-0.2, 0) is 9.47 Å². The SMILES string of the molecule is CCNC(=NCC(C)(O)CN1CCOCC1)NCC1(C)COC1. The lowest BCUT2D eigenvalue weighted by Crippen LogP contribution is -2.51. The van der Waals surface area contributed by atoms with E-state index in [1.54, 1.807) is 0 Å². The average Bonchev–Trinajstić information content (AvgIpc) is 2.49. The van der Waals surface area contributed by atoms with Crippen LogP contribution in [0.3, 0.4) is 0 Å². The van der Waals surface area contributed by atoms with Gasteiger partial charge in [-0.05, 0) is 13.8 Å². The number of aliphatic hydroxyl groups is 1. The standard InChI is InChI=1S/C16H32N4O3/c1-4-17-14(18-9-15(2)12-23-13-15)19-10-16(3,21)11-20-5-7-22-8-6-20/h21H,4-13H2,1-3H3,(H2,17,18,19). The lowest BCUT2D eigenvalue weighted by molar-refractivity contribution is -0.0971. The monoisotopic (exact) mass is 328 g/mol. The van der Waals surface area contributed by atoms with Gasteiger partial charge in [-0.1, -0.05) is 6.92 Å². The van der Waals surface area contributed by atoms with E-state index in [1.165, 1.54) is 0 Å². The third kappa shape index (κ3) is 6.25. The molecule has 3 N–H and O–H groups in total. The first-order chi connectivity index (χ1) is 10.9. The highest BCUT2D eigenvalue weighted by Gasteiger charge is 2.33. The minimum atomic E-state index is -0.844. The van der Waals surface area contributed by atoms with Crippen LogP contribution >= 0.6 is 0 Å². The van der Waals surface area contributed by atoms with Gasteiger partial charge in [0.15, 0.2) is 5.96 Å². The first-order valence-corrected chi connectivity index (χ1v) is 8.55. The Hall–Kier alpha value is -0.890. The molecule has 0 radical (unpaired) electrons. The number of nitrogens with one attached hydrogen (secondary N) is 2. The number of hydrogen-bond acceptors (Lipinski definition) is 5. The highest BCUT2D eigenvalue weighted by Crippen LogP contribution is 2.24. The van der Waals surface area contributed by atoms with Gasteiger partial charge >= 0.3 is 0 Å². The van der Waals surface area contributed by atoms with Crippen LogP contribution in [0.15, 0.2) is 4.99 Å². The maximum Gasteiger partial charge on any atom is 0.191 e. The zero-order valence-corrected chi connectivity index (χ0v) is 14.7.